The van der Waals surface area contributed by atoms with Gasteiger partial charge >= 0.3 is 5.97 Å². The SMILES string of the molecule is COc1cccc(OC)c1-c1cc(C(=O)O)nn1-c1ccc(NS(=O)(=O)c2ccc(C)cc2)cc1CC(C)C. The van der Waals surface area contributed by atoms with Crippen molar-refractivity contribution < 1.29 is 27.8 Å². The first-order chi connectivity index (χ1) is 18.5. The van der Waals surface area contributed by atoms with Crippen molar-refractivity contribution >= 4 is 21.7 Å². The number of carboxylic acids is 1. The third-order valence-corrected chi connectivity index (χ3v) is 7.53. The van der Waals surface area contributed by atoms with Crippen LogP contribution in [0.25, 0.3) is 16.9 Å². The average molecular weight is 550 g/mol. The first kappa shape index (κ1) is 27.7. The average Bonchev–Trinajstić information content (AvgIpc) is 3.33. The van der Waals surface area contributed by atoms with E-state index < -0.39 is 16.0 Å². The van der Waals surface area contributed by atoms with Crippen LogP contribution in [0.4, 0.5) is 5.69 Å². The molecule has 0 aliphatic rings. The van der Waals surface area contributed by atoms with Crippen molar-refractivity contribution in [3.63, 3.8) is 0 Å². The van der Waals surface area contributed by atoms with Crippen LogP contribution in [0.3, 0.4) is 0 Å². The molecule has 10 heteroatoms. The highest BCUT2D eigenvalue weighted by atomic mass is 32.2. The second-order valence-electron chi connectivity index (χ2n) is 9.53. The molecule has 9 nitrogen and oxygen atoms in total. The molecule has 0 saturated carbocycles. The molecule has 0 bridgehead atoms. The maximum atomic E-state index is 13.0. The standard InChI is InChI=1S/C29H31N3O6S/c1-18(2)15-20-16-21(31-39(35,36)22-12-9-19(3)10-13-22)11-14-24(20)32-25(17-23(30-32)29(33)34)28-26(37-4)7-6-8-27(28)38-5/h6-14,16-18,31H,15H2,1-5H3,(H,33,34). The van der Waals surface area contributed by atoms with Gasteiger partial charge in [-0.05, 0) is 73.4 Å². The number of aromatic nitrogens is 2. The highest BCUT2D eigenvalue weighted by molar-refractivity contribution is 7.92. The van der Waals surface area contributed by atoms with Crippen LogP contribution in [0.15, 0.2) is 71.6 Å². The Morgan fingerprint density at radius 3 is 2.21 bits per heavy atom. The van der Waals surface area contributed by atoms with E-state index in [1.807, 2.05) is 20.8 Å². The molecule has 0 spiro atoms. The van der Waals surface area contributed by atoms with Gasteiger partial charge in [0.15, 0.2) is 5.69 Å². The summed E-state index contributed by atoms with van der Waals surface area (Å²) in [6.07, 6.45) is 0.584. The lowest BCUT2D eigenvalue weighted by Gasteiger charge is -2.18. The van der Waals surface area contributed by atoms with Gasteiger partial charge in [0.2, 0.25) is 0 Å². The second-order valence-corrected chi connectivity index (χ2v) is 11.2. The maximum absolute atomic E-state index is 13.0. The molecule has 4 aromatic rings. The van der Waals surface area contributed by atoms with Crippen molar-refractivity contribution in [3.8, 4) is 28.4 Å². The van der Waals surface area contributed by atoms with E-state index in [9.17, 15) is 18.3 Å². The van der Waals surface area contributed by atoms with Crippen LogP contribution in [-0.2, 0) is 16.4 Å². The Labute approximate surface area is 228 Å². The van der Waals surface area contributed by atoms with Gasteiger partial charge in [0.05, 0.1) is 36.1 Å². The summed E-state index contributed by atoms with van der Waals surface area (Å²) >= 11 is 0. The summed E-state index contributed by atoms with van der Waals surface area (Å²) in [5.41, 5.74) is 3.58. The molecular weight excluding hydrogens is 518 g/mol. The van der Waals surface area contributed by atoms with Gasteiger partial charge in [-0.3, -0.25) is 4.72 Å². The molecular formula is C29H31N3O6S. The number of hydrogen-bond acceptors (Lipinski definition) is 6. The quantitative estimate of drug-likeness (QED) is 0.266. The van der Waals surface area contributed by atoms with Crippen LogP contribution in [-0.4, -0.2) is 43.5 Å². The highest BCUT2D eigenvalue weighted by Crippen LogP contribution is 2.40. The summed E-state index contributed by atoms with van der Waals surface area (Å²) in [7, 11) is -0.764. The molecule has 0 saturated heterocycles. The molecule has 0 aliphatic carbocycles. The fourth-order valence-corrected chi connectivity index (χ4v) is 5.39. The monoisotopic (exact) mass is 549 g/mol. The number of aromatic carboxylic acids is 1. The first-order valence-electron chi connectivity index (χ1n) is 12.3. The van der Waals surface area contributed by atoms with Crippen LogP contribution < -0.4 is 14.2 Å². The topological polar surface area (TPSA) is 120 Å². The Balaban J connectivity index is 1.87. The molecule has 0 radical (unpaired) electrons. The molecule has 1 aromatic heterocycles. The zero-order chi connectivity index (χ0) is 28.3. The van der Waals surface area contributed by atoms with Crippen molar-refractivity contribution in [1.29, 1.82) is 0 Å². The zero-order valence-electron chi connectivity index (χ0n) is 22.4. The van der Waals surface area contributed by atoms with Gasteiger partial charge in [-0.25, -0.2) is 17.9 Å². The van der Waals surface area contributed by atoms with Gasteiger partial charge in [0, 0.05) is 5.69 Å². The van der Waals surface area contributed by atoms with Gasteiger partial charge in [0.25, 0.3) is 10.0 Å². The molecule has 3 aromatic carbocycles. The summed E-state index contributed by atoms with van der Waals surface area (Å²) in [5.74, 6) is 0.00358. The van der Waals surface area contributed by atoms with Crippen molar-refractivity contribution in [1.82, 2.24) is 9.78 Å². The number of carbonyl (C=O) groups is 1. The summed E-state index contributed by atoms with van der Waals surface area (Å²) in [5, 5.41) is 14.2. The molecule has 0 fully saturated rings. The van der Waals surface area contributed by atoms with Crippen LogP contribution in [0.2, 0.25) is 0 Å². The maximum Gasteiger partial charge on any atom is 0.356 e. The number of benzene rings is 3. The van der Waals surface area contributed by atoms with E-state index in [1.165, 1.54) is 20.3 Å². The number of methoxy groups -OCH3 is 2. The van der Waals surface area contributed by atoms with Gasteiger partial charge < -0.3 is 14.6 Å². The number of hydrogen-bond donors (Lipinski definition) is 2. The van der Waals surface area contributed by atoms with Crippen LogP contribution in [0.1, 0.15) is 35.5 Å². The Bertz CT molecular complexity index is 1590. The number of anilines is 1. The smallest absolute Gasteiger partial charge is 0.356 e. The molecule has 0 amide bonds. The lowest BCUT2D eigenvalue weighted by Crippen LogP contribution is -2.14. The number of aryl methyl sites for hydroxylation is 1. The van der Waals surface area contributed by atoms with E-state index in [4.69, 9.17) is 9.47 Å². The molecule has 0 aliphatic heterocycles. The van der Waals surface area contributed by atoms with Gasteiger partial charge in [0.1, 0.15) is 11.5 Å². The lowest BCUT2D eigenvalue weighted by atomic mass is 10.00. The summed E-state index contributed by atoms with van der Waals surface area (Å²) < 4.78 is 41.4. The van der Waals surface area contributed by atoms with E-state index in [0.29, 0.717) is 40.6 Å². The number of carboxylic acid groups (broad SMARTS) is 1. The van der Waals surface area contributed by atoms with E-state index in [0.717, 1.165) is 11.1 Å². The van der Waals surface area contributed by atoms with Crippen molar-refractivity contribution in [2.24, 2.45) is 5.92 Å². The molecule has 39 heavy (non-hydrogen) atoms. The predicted molar refractivity (Wildman–Crippen MR) is 150 cm³/mol. The number of rotatable bonds is 10. The minimum absolute atomic E-state index is 0.155. The third-order valence-electron chi connectivity index (χ3n) is 6.13. The van der Waals surface area contributed by atoms with Crippen LogP contribution in [0, 0.1) is 12.8 Å². The normalized spacial score (nSPS) is 11.4. The number of ether oxygens (including phenoxy) is 2. The Morgan fingerprint density at radius 2 is 1.64 bits per heavy atom. The lowest BCUT2D eigenvalue weighted by molar-refractivity contribution is 0.0690. The van der Waals surface area contributed by atoms with E-state index in [1.54, 1.807) is 65.3 Å². The van der Waals surface area contributed by atoms with Gasteiger partial charge in [-0.15, -0.1) is 0 Å². The van der Waals surface area contributed by atoms with Crippen molar-refractivity contribution in [3.05, 3.63) is 83.6 Å². The predicted octanol–water partition coefficient (Wildman–Crippen LogP) is 5.56. The minimum Gasteiger partial charge on any atom is -0.496 e. The van der Waals surface area contributed by atoms with Crippen molar-refractivity contribution in [2.75, 3.05) is 18.9 Å². The fourth-order valence-electron chi connectivity index (χ4n) is 4.34. The van der Waals surface area contributed by atoms with E-state index in [-0.39, 0.29) is 16.5 Å². The largest absolute Gasteiger partial charge is 0.496 e. The number of sulfonamides is 1. The van der Waals surface area contributed by atoms with E-state index in [2.05, 4.69) is 9.82 Å². The van der Waals surface area contributed by atoms with Crippen molar-refractivity contribution in [2.45, 2.75) is 32.1 Å². The Kier molecular flexibility index (Phi) is 7.96. The third kappa shape index (κ3) is 5.91. The summed E-state index contributed by atoms with van der Waals surface area (Å²) in [4.78, 5) is 12.1. The Morgan fingerprint density at radius 1 is 1.00 bits per heavy atom. The summed E-state index contributed by atoms with van der Waals surface area (Å²) in [6, 6.07) is 18.5. The number of nitrogens with one attached hydrogen (secondary N) is 1. The molecule has 0 atom stereocenters. The fraction of sp³-hybridized carbons (Fsp3) is 0.241. The molecule has 2 N–H and O–H groups in total. The minimum atomic E-state index is -3.81. The summed E-state index contributed by atoms with van der Waals surface area (Å²) in [6.45, 7) is 5.98. The second kappa shape index (κ2) is 11.2. The highest BCUT2D eigenvalue weighted by Gasteiger charge is 2.24. The molecule has 0 unspecified atom stereocenters. The first-order valence-corrected chi connectivity index (χ1v) is 13.8. The van der Waals surface area contributed by atoms with Crippen LogP contribution >= 0.6 is 0 Å². The van der Waals surface area contributed by atoms with Crippen LogP contribution in [0.5, 0.6) is 11.5 Å². The number of nitrogens with zero attached hydrogens (tertiary/aromatic N) is 2. The van der Waals surface area contributed by atoms with E-state index >= 15 is 0 Å². The van der Waals surface area contributed by atoms with Gasteiger partial charge in [-0.2, -0.15) is 5.10 Å². The Hall–Kier alpha value is -4.31. The molecule has 204 valence electrons. The van der Waals surface area contributed by atoms with Gasteiger partial charge in [-0.1, -0.05) is 37.6 Å². The molecule has 1 heterocycles. The molecule has 4 rings (SSSR count). The zero-order valence-corrected chi connectivity index (χ0v) is 23.2.